The van der Waals surface area contributed by atoms with Gasteiger partial charge >= 0.3 is 0 Å². The molecule has 3 N–H and O–H groups in total. The first-order valence-electron chi connectivity index (χ1n) is 6.05. The van der Waals surface area contributed by atoms with Gasteiger partial charge in [0, 0.05) is 5.56 Å². The number of hydrogen-bond acceptors (Lipinski definition) is 5. The number of nitrogens with two attached hydrogens (primary N) is 1. The molecule has 0 saturated heterocycles. The van der Waals surface area contributed by atoms with Gasteiger partial charge in [0.15, 0.2) is 5.82 Å². The van der Waals surface area contributed by atoms with Crippen LogP contribution in [0.3, 0.4) is 0 Å². The maximum absolute atomic E-state index is 5.97. The molecule has 0 aliphatic carbocycles. The zero-order valence-electron chi connectivity index (χ0n) is 10.9. The Kier molecular flexibility index (Phi) is 3.04. The average Bonchev–Trinajstić information content (AvgIpc) is 2.90. The topological polar surface area (TPSA) is 89.7 Å². The summed E-state index contributed by atoms with van der Waals surface area (Å²) in [7, 11) is 1.63. The fourth-order valence-corrected chi connectivity index (χ4v) is 2.05. The number of benzene rings is 1. The summed E-state index contributed by atoms with van der Waals surface area (Å²) in [5.74, 6) is 1.24. The van der Waals surface area contributed by atoms with Crippen molar-refractivity contribution in [3.63, 3.8) is 0 Å². The van der Waals surface area contributed by atoms with Crippen molar-refractivity contribution in [2.24, 2.45) is 0 Å². The van der Waals surface area contributed by atoms with Gasteiger partial charge in [-0.15, -0.1) is 0 Å². The maximum Gasteiger partial charge on any atom is 0.153 e. The van der Waals surface area contributed by atoms with E-state index < -0.39 is 0 Å². The lowest BCUT2D eigenvalue weighted by atomic mass is 10.0. The molecule has 0 amide bonds. The van der Waals surface area contributed by atoms with E-state index in [0.29, 0.717) is 5.82 Å². The second-order valence-electron chi connectivity index (χ2n) is 4.22. The van der Waals surface area contributed by atoms with Crippen LogP contribution in [0.25, 0.3) is 22.4 Å². The molecule has 100 valence electrons. The summed E-state index contributed by atoms with van der Waals surface area (Å²) in [6, 6.07) is 9.51. The summed E-state index contributed by atoms with van der Waals surface area (Å²) in [6.07, 6.45) is 3.30. The van der Waals surface area contributed by atoms with Crippen LogP contribution < -0.4 is 10.5 Å². The normalized spacial score (nSPS) is 10.4. The van der Waals surface area contributed by atoms with Gasteiger partial charge in [0.1, 0.15) is 5.75 Å². The Labute approximate surface area is 115 Å². The lowest BCUT2D eigenvalue weighted by molar-refractivity contribution is 0.415. The van der Waals surface area contributed by atoms with Crippen LogP contribution in [-0.2, 0) is 0 Å². The van der Waals surface area contributed by atoms with Crippen molar-refractivity contribution < 1.29 is 4.74 Å². The van der Waals surface area contributed by atoms with E-state index in [4.69, 9.17) is 10.5 Å². The molecule has 0 radical (unpaired) electrons. The van der Waals surface area contributed by atoms with Crippen LogP contribution in [0.1, 0.15) is 0 Å². The third-order valence-corrected chi connectivity index (χ3v) is 3.05. The zero-order chi connectivity index (χ0) is 13.9. The maximum atomic E-state index is 5.97. The van der Waals surface area contributed by atoms with Gasteiger partial charge < -0.3 is 10.5 Å². The molecule has 3 rings (SSSR count). The van der Waals surface area contributed by atoms with E-state index in [2.05, 4.69) is 20.4 Å². The highest BCUT2D eigenvalue weighted by molar-refractivity contribution is 5.87. The van der Waals surface area contributed by atoms with Crippen LogP contribution in [-0.4, -0.2) is 27.5 Å². The SMILES string of the molecule is COc1ccc(-c2c(N)n[nH]c2-c2ccnnc2)cc1. The van der Waals surface area contributed by atoms with Crippen molar-refractivity contribution in [3.05, 3.63) is 42.7 Å². The van der Waals surface area contributed by atoms with Crippen LogP contribution in [0.5, 0.6) is 5.75 Å². The minimum atomic E-state index is 0.446. The minimum Gasteiger partial charge on any atom is -0.497 e. The quantitative estimate of drug-likeness (QED) is 0.758. The molecule has 0 saturated carbocycles. The second kappa shape index (κ2) is 5.00. The van der Waals surface area contributed by atoms with Gasteiger partial charge in [-0.05, 0) is 23.8 Å². The molecule has 0 aliphatic heterocycles. The van der Waals surface area contributed by atoms with Crippen LogP contribution in [0.4, 0.5) is 5.82 Å². The van der Waals surface area contributed by atoms with Gasteiger partial charge in [-0.1, -0.05) is 12.1 Å². The molecular formula is C14H13N5O. The first kappa shape index (κ1) is 12.2. The number of anilines is 1. The van der Waals surface area contributed by atoms with E-state index in [1.54, 1.807) is 19.5 Å². The molecule has 2 heterocycles. The minimum absolute atomic E-state index is 0.446. The smallest absolute Gasteiger partial charge is 0.153 e. The third kappa shape index (κ3) is 2.07. The number of nitrogens with one attached hydrogen (secondary N) is 1. The molecule has 20 heavy (non-hydrogen) atoms. The van der Waals surface area contributed by atoms with E-state index in [-0.39, 0.29) is 0 Å². The Morgan fingerprint density at radius 2 is 1.85 bits per heavy atom. The highest BCUT2D eigenvalue weighted by Crippen LogP contribution is 2.34. The lowest BCUT2D eigenvalue weighted by Gasteiger charge is -2.05. The van der Waals surface area contributed by atoms with Gasteiger partial charge in [0.25, 0.3) is 0 Å². The fraction of sp³-hybridized carbons (Fsp3) is 0.0714. The number of aromatic nitrogens is 4. The summed E-state index contributed by atoms with van der Waals surface area (Å²) in [5.41, 5.74) is 9.49. The Morgan fingerprint density at radius 1 is 1.05 bits per heavy atom. The van der Waals surface area contributed by atoms with E-state index >= 15 is 0 Å². The summed E-state index contributed by atoms with van der Waals surface area (Å²) < 4.78 is 5.16. The highest BCUT2D eigenvalue weighted by Gasteiger charge is 2.14. The number of nitrogen functional groups attached to an aromatic ring is 1. The van der Waals surface area contributed by atoms with Crippen molar-refractivity contribution in [1.82, 2.24) is 20.4 Å². The lowest BCUT2D eigenvalue weighted by Crippen LogP contribution is -1.90. The zero-order valence-corrected chi connectivity index (χ0v) is 10.9. The van der Waals surface area contributed by atoms with Crippen LogP contribution in [0, 0.1) is 0 Å². The summed E-state index contributed by atoms with van der Waals surface area (Å²) in [4.78, 5) is 0. The fourth-order valence-electron chi connectivity index (χ4n) is 2.05. The van der Waals surface area contributed by atoms with Crippen LogP contribution >= 0.6 is 0 Å². The predicted octanol–water partition coefficient (Wildman–Crippen LogP) is 2.12. The van der Waals surface area contributed by atoms with Gasteiger partial charge in [-0.3, -0.25) is 5.10 Å². The number of methoxy groups -OCH3 is 1. The van der Waals surface area contributed by atoms with E-state index in [0.717, 1.165) is 28.1 Å². The number of aromatic amines is 1. The molecule has 6 nitrogen and oxygen atoms in total. The van der Waals surface area contributed by atoms with Gasteiger partial charge in [-0.25, -0.2) is 0 Å². The molecule has 6 heteroatoms. The molecule has 0 unspecified atom stereocenters. The standard InChI is InChI=1S/C14H13N5O/c1-20-11-4-2-9(3-5-11)12-13(18-19-14(12)15)10-6-7-16-17-8-10/h2-8H,1H3,(H3,15,18,19). The van der Waals surface area contributed by atoms with Crippen molar-refractivity contribution in [2.45, 2.75) is 0 Å². The number of hydrogen-bond donors (Lipinski definition) is 2. The van der Waals surface area contributed by atoms with Crippen molar-refractivity contribution in [3.8, 4) is 28.1 Å². The van der Waals surface area contributed by atoms with Gasteiger partial charge in [0.2, 0.25) is 0 Å². The second-order valence-corrected chi connectivity index (χ2v) is 4.22. The molecule has 0 bridgehead atoms. The first-order valence-corrected chi connectivity index (χ1v) is 6.05. The van der Waals surface area contributed by atoms with Gasteiger partial charge in [0.05, 0.1) is 30.8 Å². The molecule has 0 aliphatic rings. The molecule has 0 fully saturated rings. The molecule has 0 spiro atoms. The predicted molar refractivity (Wildman–Crippen MR) is 76.0 cm³/mol. The first-order chi connectivity index (χ1) is 9.79. The van der Waals surface area contributed by atoms with Crippen molar-refractivity contribution in [1.29, 1.82) is 0 Å². The number of ether oxygens (including phenoxy) is 1. The van der Waals surface area contributed by atoms with Crippen molar-refractivity contribution >= 4 is 5.82 Å². The molecular weight excluding hydrogens is 254 g/mol. The summed E-state index contributed by atoms with van der Waals surface area (Å²) >= 11 is 0. The Bertz CT molecular complexity index is 706. The van der Waals surface area contributed by atoms with Crippen LogP contribution in [0.2, 0.25) is 0 Å². The average molecular weight is 267 g/mol. The number of rotatable bonds is 3. The van der Waals surface area contributed by atoms with Gasteiger partial charge in [-0.2, -0.15) is 15.3 Å². The summed E-state index contributed by atoms with van der Waals surface area (Å²) in [6.45, 7) is 0. The monoisotopic (exact) mass is 267 g/mol. The Hall–Kier alpha value is -2.89. The van der Waals surface area contributed by atoms with Crippen LogP contribution in [0.15, 0.2) is 42.7 Å². The van der Waals surface area contributed by atoms with E-state index in [1.807, 2.05) is 30.3 Å². The van der Waals surface area contributed by atoms with E-state index in [9.17, 15) is 0 Å². The molecule has 0 atom stereocenters. The number of nitrogens with zero attached hydrogens (tertiary/aromatic N) is 3. The molecule has 2 aromatic heterocycles. The number of H-pyrrole nitrogens is 1. The Morgan fingerprint density at radius 3 is 2.50 bits per heavy atom. The van der Waals surface area contributed by atoms with Crippen molar-refractivity contribution in [2.75, 3.05) is 12.8 Å². The highest BCUT2D eigenvalue weighted by atomic mass is 16.5. The molecule has 1 aromatic carbocycles. The molecule has 3 aromatic rings. The third-order valence-electron chi connectivity index (χ3n) is 3.05. The summed E-state index contributed by atoms with van der Waals surface area (Å²) in [5, 5.41) is 14.7. The largest absolute Gasteiger partial charge is 0.497 e. The Balaban J connectivity index is 2.11. The van der Waals surface area contributed by atoms with E-state index in [1.165, 1.54) is 0 Å².